The SMILES string of the molecule is C[C@H](c1ncc(C(C)(C)C)o1)N1CCN(c2ccc(=O)[nH]n2)CC1. The van der Waals surface area contributed by atoms with Crippen molar-refractivity contribution >= 4 is 5.82 Å². The molecule has 0 aromatic carbocycles. The molecule has 0 unspecified atom stereocenters. The highest BCUT2D eigenvalue weighted by Gasteiger charge is 2.27. The van der Waals surface area contributed by atoms with Crippen LogP contribution in [0.3, 0.4) is 0 Å². The van der Waals surface area contributed by atoms with Gasteiger partial charge in [-0.1, -0.05) is 20.8 Å². The Morgan fingerprint density at radius 2 is 1.92 bits per heavy atom. The number of nitrogens with one attached hydrogen (secondary N) is 1. The van der Waals surface area contributed by atoms with Crippen LogP contribution in [0.2, 0.25) is 0 Å². The molecular formula is C17H25N5O2. The molecule has 1 N–H and O–H groups in total. The highest BCUT2D eigenvalue weighted by molar-refractivity contribution is 5.36. The minimum Gasteiger partial charge on any atom is -0.443 e. The smallest absolute Gasteiger partial charge is 0.264 e. The quantitative estimate of drug-likeness (QED) is 0.926. The van der Waals surface area contributed by atoms with Gasteiger partial charge in [0, 0.05) is 37.7 Å². The molecule has 0 bridgehead atoms. The van der Waals surface area contributed by atoms with Crippen molar-refractivity contribution in [1.82, 2.24) is 20.1 Å². The van der Waals surface area contributed by atoms with E-state index in [2.05, 4.69) is 52.7 Å². The summed E-state index contributed by atoms with van der Waals surface area (Å²) in [5.41, 5.74) is -0.205. The van der Waals surface area contributed by atoms with Crippen molar-refractivity contribution in [3.8, 4) is 0 Å². The number of hydrogen-bond donors (Lipinski definition) is 1. The fourth-order valence-corrected chi connectivity index (χ4v) is 2.84. The second-order valence-corrected chi connectivity index (χ2v) is 7.29. The molecule has 2 aromatic heterocycles. The number of hydrogen-bond acceptors (Lipinski definition) is 6. The Morgan fingerprint density at radius 3 is 2.46 bits per heavy atom. The zero-order chi connectivity index (χ0) is 17.3. The maximum atomic E-state index is 11.1. The van der Waals surface area contributed by atoms with Gasteiger partial charge in [0.2, 0.25) is 5.89 Å². The third-order valence-corrected chi connectivity index (χ3v) is 4.47. The molecule has 1 atom stereocenters. The monoisotopic (exact) mass is 331 g/mol. The average Bonchev–Trinajstić information content (AvgIpc) is 3.05. The van der Waals surface area contributed by atoms with Gasteiger partial charge in [0.15, 0.2) is 0 Å². The molecule has 0 amide bonds. The van der Waals surface area contributed by atoms with Crippen molar-refractivity contribution in [2.75, 3.05) is 31.1 Å². The number of H-pyrrole nitrogens is 1. The Labute approximate surface area is 141 Å². The van der Waals surface area contributed by atoms with Gasteiger partial charge in [-0.25, -0.2) is 10.1 Å². The van der Waals surface area contributed by atoms with Gasteiger partial charge >= 0.3 is 0 Å². The van der Waals surface area contributed by atoms with Gasteiger partial charge < -0.3 is 9.32 Å². The second-order valence-electron chi connectivity index (χ2n) is 7.29. The van der Waals surface area contributed by atoms with Crippen LogP contribution in [0.1, 0.15) is 45.4 Å². The molecular weight excluding hydrogens is 306 g/mol. The molecule has 1 aliphatic heterocycles. The first kappa shape index (κ1) is 16.7. The average molecular weight is 331 g/mol. The van der Waals surface area contributed by atoms with E-state index < -0.39 is 0 Å². The molecule has 1 fully saturated rings. The highest BCUT2D eigenvalue weighted by Crippen LogP contribution is 2.27. The predicted molar refractivity (Wildman–Crippen MR) is 92.3 cm³/mol. The molecule has 0 spiro atoms. The van der Waals surface area contributed by atoms with Crippen molar-refractivity contribution in [2.45, 2.75) is 39.2 Å². The Morgan fingerprint density at radius 1 is 1.21 bits per heavy atom. The summed E-state index contributed by atoms with van der Waals surface area (Å²) in [5, 5.41) is 6.59. The van der Waals surface area contributed by atoms with E-state index in [-0.39, 0.29) is 17.0 Å². The van der Waals surface area contributed by atoms with Gasteiger partial charge in [-0.3, -0.25) is 9.69 Å². The molecule has 24 heavy (non-hydrogen) atoms. The Kier molecular flexibility index (Phi) is 4.45. The van der Waals surface area contributed by atoms with Crippen LogP contribution < -0.4 is 10.5 Å². The van der Waals surface area contributed by atoms with Gasteiger partial charge in [0.1, 0.15) is 11.6 Å². The van der Waals surface area contributed by atoms with Gasteiger partial charge in [0.05, 0.1) is 12.2 Å². The maximum Gasteiger partial charge on any atom is 0.264 e. The lowest BCUT2D eigenvalue weighted by molar-refractivity contribution is 0.169. The molecule has 0 aliphatic carbocycles. The van der Waals surface area contributed by atoms with Crippen LogP contribution in [0.4, 0.5) is 5.82 Å². The minimum absolute atomic E-state index is 0.0282. The van der Waals surface area contributed by atoms with Gasteiger partial charge in [-0.15, -0.1) is 0 Å². The molecule has 2 aromatic rings. The van der Waals surface area contributed by atoms with E-state index in [0.717, 1.165) is 43.6 Å². The van der Waals surface area contributed by atoms with Crippen molar-refractivity contribution < 1.29 is 4.42 Å². The van der Waals surface area contributed by atoms with Crippen molar-refractivity contribution in [1.29, 1.82) is 0 Å². The Balaban J connectivity index is 1.62. The van der Waals surface area contributed by atoms with Crippen LogP contribution in [0.15, 0.2) is 27.5 Å². The first-order valence-electron chi connectivity index (χ1n) is 8.35. The van der Waals surface area contributed by atoms with E-state index in [9.17, 15) is 4.79 Å². The third kappa shape index (κ3) is 3.51. The summed E-state index contributed by atoms with van der Waals surface area (Å²) >= 11 is 0. The number of aromatic amines is 1. The highest BCUT2D eigenvalue weighted by atomic mass is 16.4. The van der Waals surface area contributed by atoms with Crippen LogP contribution in [-0.2, 0) is 5.41 Å². The topological polar surface area (TPSA) is 78.3 Å². The zero-order valence-corrected chi connectivity index (χ0v) is 14.7. The molecule has 3 rings (SSSR count). The van der Waals surface area contributed by atoms with Crippen molar-refractivity contribution in [3.63, 3.8) is 0 Å². The van der Waals surface area contributed by atoms with E-state index in [1.807, 2.05) is 6.20 Å². The molecule has 3 heterocycles. The number of anilines is 1. The van der Waals surface area contributed by atoms with Crippen LogP contribution >= 0.6 is 0 Å². The fraction of sp³-hybridized carbons (Fsp3) is 0.588. The summed E-state index contributed by atoms with van der Waals surface area (Å²) in [6, 6.07) is 3.42. The van der Waals surface area contributed by atoms with Gasteiger partial charge in [-0.2, -0.15) is 5.10 Å². The number of aromatic nitrogens is 3. The Bertz CT molecular complexity index is 717. The lowest BCUT2D eigenvalue weighted by Crippen LogP contribution is -2.47. The first-order chi connectivity index (χ1) is 11.3. The largest absolute Gasteiger partial charge is 0.443 e. The molecule has 0 saturated carbocycles. The van der Waals surface area contributed by atoms with Crippen molar-refractivity contribution in [3.05, 3.63) is 40.3 Å². The van der Waals surface area contributed by atoms with E-state index in [0.29, 0.717) is 0 Å². The predicted octanol–water partition coefficient (Wildman–Crippen LogP) is 1.94. The lowest BCUT2D eigenvalue weighted by atomic mass is 9.94. The lowest BCUT2D eigenvalue weighted by Gasteiger charge is -2.37. The standard InChI is InChI=1S/C17H25N5O2/c1-12(16-18-11-13(24-16)17(2,3)4)21-7-9-22(10-8-21)14-5-6-15(23)20-19-14/h5-6,11-12H,7-10H2,1-4H3,(H,20,23)/t12-/m1/s1. The molecule has 130 valence electrons. The van der Waals surface area contributed by atoms with Gasteiger partial charge in [0.25, 0.3) is 5.56 Å². The molecule has 7 heteroatoms. The van der Waals surface area contributed by atoms with E-state index in [1.165, 1.54) is 6.07 Å². The molecule has 0 radical (unpaired) electrons. The first-order valence-corrected chi connectivity index (χ1v) is 8.35. The summed E-state index contributed by atoms with van der Waals surface area (Å²) in [6.07, 6.45) is 1.84. The number of oxazole rings is 1. The zero-order valence-electron chi connectivity index (χ0n) is 14.7. The molecule has 7 nitrogen and oxygen atoms in total. The van der Waals surface area contributed by atoms with E-state index in [4.69, 9.17) is 4.42 Å². The van der Waals surface area contributed by atoms with Crippen LogP contribution in [-0.4, -0.2) is 46.3 Å². The maximum absolute atomic E-state index is 11.1. The summed E-state index contributed by atoms with van der Waals surface area (Å²) in [6.45, 7) is 12.0. The fourth-order valence-electron chi connectivity index (χ4n) is 2.84. The molecule has 1 aliphatic rings. The normalized spacial score (nSPS) is 17.9. The second kappa shape index (κ2) is 6.39. The number of rotatable bonds is 3. The third-order valence-electron chi connectivity index (χ3n) is 4.47. The molecule has 1 saturated heterocycles. The van der Waals surface area contributed by atoms with Crippen molar-refractivity contribution in [2.24, 2.45) is 0 Å². The summed E-state index contributed by atoms with van der Waals surface area (Å²) in [7, 11) is 0. The Hall–Kier alpha value is -2.15. The van der Waals surface area contributed by atoms with Crippen LogP contribution in [0.5, 0.6) is 0 Å². The number of piperazine rings is 1. The van der Waals surface area contributed by atoms with Crippen LogP contribution in [0, 0.1) is 0 Å². The minimum atomic E-state index is -0.176. The summed E-state index contributed by atoms with van der Waals surface area (Å²) in [5.74, 6) is 2.50. The van der Waals surface area contributed by atoms with Crippen LogP contribution in [0.25, 0.3) is 0 Å². The summed E-state index contributed by atoms with van der Waals surface area (Å²) in [4.78, 5) is 20.1. The van der Waals surface area contributed by atoms with E-state index >= 15 is 0 Å². The summed E-state index contributed by atoms with van der Waals surface area (Å²) < 4.78 is 5.97. The van der Waals surface area contributed by atoms with E-state index in [1.54, 1.807) is 6.07 Å². The van der Waals surface area contributed by atoms with Gasteiger partial charge in [-0.05, 0) is 13.0 Å². The number of nitrogens with zero attached hydrogens (tertiary/aromatic N) is 4.